The Morgan fingerprint density at radius 1 is 1.09 bits per heavy atom. The second-order valence-corrected chi connectivity index (χ2v) is 5.50. The number of benzene rings is 2. The molecule has 0 radical (unpaired) electrons. The number of amides is 1. The topological polar surface area (TPSA) is 68.0 Å². The van der Waals surface area contributed by atoms with Gasteiger partial charge in [-0.2, -0.15) is 0 Å². The van der Waals surface area contributed by atoms with Gasteiger partial charge in [0.1, 0.15) is 0 Å². The molecule has 0 saturated carbocycles. The minimum atomic E-state index is -0.454. The fourth-order valence-electron chi connectivity index (χ4n) is 2.12. The first-order valence-electron chi connectivity index (χ1n) is 7.02. The zero-order chi connectivity index (χ0) is 16.4. The number of hydrogen-bond donors (Lipinski definition) is 1. The van der Waals surface area contributed by atoms with Crippen molar-refractivity contribution in [1.29, 1.82) is 0 Å². The molecule has 1 heterocycles. The number of aromatic nitrogens is 2. The van der Waals surface area contributed by atoms with Crippen LogP contribution in [0.25, 0.3) is 11.5 Å². The summed E-state index contributed by atoms with van der Waals surface area (Å²) in [5, 5.41) is 10.9. The van der Waals surface area contributed by atoms with E-state index in [0.717, 1.165) is 11.1 Å². The summed E-state index contributed by atoms with van der Waals surface area (Å²) in [5.41, 5.74) is 3.39. The second kappa shape index (κ2) is 6.22. The number of anilines is 1. The highest BCUT2D eigenvalue weighted by atomic mass is 35.5. The van der Waals surface area contributed by atoms with Gasteiger partial charge < -0.3 is 9.73 Å². The van der Waals surface area contributed by atoms with Gasteiger partial charge in [0.25, 0.3) is 0 Å². The van der Waals surface area contributed by atoms with Gasteiger partial charge >= 0.3 is 11.8 Å². The van der Waals surface area contributed by atoms with Crippen LogP contribution in [-0.4, -0.2) is 16.1 Å². The summed E-state index contributed by atoms with van der Waals surface area (Å²) in [5.74, 6) is -0.355. The molecule has 0 unspecified atom stereocenters. The number of aryl methyl sites for hydroxylation is 1. The number of nitrogens with one attached hydrogen (secondary N) is 1. The second-order valence-electron chi connectivity index (χ2n) is 5.09. The molecule has 0 fully saturated rings. The minimum Gasteiger partial charge on any atom is -0.412 e. The Labute approximate surface area is 138 Å². The first-order valence-corrected chi connectivity index (χ1v) is 7.40. The molecule has 3 aromatic rings. The van der Waals surface area contributed by atoms with Crippen LogP contribution in [0.4, 0.5) is 5.69 Å². The molecule has 0 bridgehead atoms. The third kappa shape index (κ3) is 3.10. The molecule has 1 aromatic heterocycles. The van der Waals surface area contributed by atoms with Crippen molar-refractivity contribution in [3.05, 3.63) is 64.5 Å². The van der Waals surface area contributed by atoms with Crippen molar-refractivity contribution in [2.24, 2.45) is 0 Å². The van der Waals surface area contributed by atoms with Gasteiger partial charge in [-0.3, -0.25) is 4.79 Å². The van der Waals surface area contributed by atoms with E-state index in [9.17, 15) is 4.79 Å². The molecule has 2 aromatic carbocycles. The number of hydrogen-bond acceptors (Lipinski definition) is 4. The van der Waals surface area contributed by atoms with E-state index in [1.165, 1.54) is 0 Å². The van der Waals surface area contributed by atoms with Crippen molar-refractivity contribution < 1.29 is 9.21 Å². The molecule has 0 aliphatic heterocycles. The Kier molecular flexibility index (Phi) is 4.12. The molecular formula is C17H14ClN3O2. The highest BCUT2D eigenvalue weighted by Gasteiger charge is 2.18. The third-order valence-electron chi connectivity index (χ3n) is 3.58. The van der Waals surface area contributed by atoms with Crippen LogP contribution in [0, 0.1) is 13.8 Å². The zero-order valence-corrected chi connectivity index (χ0v) is 13.4. The Morgan fingerprint density at radius 3 is 2.65 bits per heavy atom. The van der Waals surface area contributed by atoms with E-state index >= 15 is 0 Å². The molecule has 1 amide bonds. The van der Waals surface area contributed by atoms with Crippen molar-refractivity contribution in [3.8, 4) is 11.5 Å². The lowest BCUT2D eigenvalue weighted by Gasteiger charge is -2.08. The fraction of sp³-hybridized carbons (Fsp3) is 0.118. The van der Waals surface area contributed by atoms with Gasteiger partial charge in [-0.1, -0.05) is 35.9 Å². The molecule has 23 heavy (non-hydrogen) atoms. The van der Waals surface area contributed by atoms with Crippen molar-refractivity contribution in [2.75, 3.05) is 5.32 Å². The number of halogens is 1. The van der Waals surface area contributed by atoms with Crippen molar-refractivity contribution >= 4 is 23.2 Å². The lowest BCUT2D eigenvalue weighted by molar-refractivity contribution is 0.0990. The predicted octanol–water partition coefficient (Wildman–Crippen LogP) is 4.26. The fourth-order valence-corrected chi connectivity index (χ4v) is 2.34. The van der Waals surface area contributed by atoms with E-state index in [1.807, 2.05) is 32.0 Å². The van der Waals surface area contributed by atoms with Gasteiger partial charge in [-0.05, 0) is 43.2 Å². The molecule has 3 rings (SSSR count). The van der Waals surface area contributed by atoms with E-state index in [4.69, 9.17) is 16.0 Å². The summed E-state index contributed by atoms with van der Waals surface area (Å²) in [6.45, 7) is 3.92. The van der Waals surface area contributed by atoms with Crippen LogP contribution < -0.4 is 5.32 Å². The van der Waals surface area contributed by atoms with Gasteiger partial charge in [0.2, 0.25) is 5.89 Å². The molecule has 0 atom stereocenters. The zero-order valence-electron chi connectivity index (χ0n) is 12.6. The van der Waals surface area contributed by atoms with E-state index in [0.29, 0.717) is 16.3 Å². The van der Waals surface area contributed by atoms with Crippen LogP contribution in [0.3, 0.4) is 0 Å². The van der Waals surface area contributed by atoms with Crippen molar-refractivity contribution in [3.63, 3.8) is 0 Å². The molecular weight excluding hydrogens is 314 g/mol. The number of nitrogens with zero attached hydrogens (tertiary/aromatic N) is 2. The smallest absolute Gasteiger partial charge is 0.313 e. The molecule has 116 valence electrons. The largest absolute Gasteiger partial charge is 0.412 e. The maximum Gasteiger partial charge on any atom is 0.313 e. The summed E-state index contributed by atoms with van der Waals surface area (Å²) in [4.78, 5) is 12.3. The third-order valence-corrected chi connectivity index (χ3v) is 3.91. The molecule has 0 spiro atoms. The lowest BCUT2D eigenvalue weighted by atomic mass is 10.1. The standard InChI is InChI=1S/C17H14ClN3O2/c1-10-6-5-9-14(11(10)2)19-15(22)17-21-20-16(23-17)12-7-3-4-8-13(12)18/h3-9H,1-2H3,(H,19,22). The highest BCUT2D eigenvalue weighted by Crippen LogP contribution is 2.26. The van der Waals surface area contributed by atoms with Crippen LogP contribution >= 0.6 is 11.6 Å². The van der Waals surface area contributed by atoms with Crippen LogP contribution in [0.15, 0.2) is 46.9 Å². The Bertz CT molecular complexity index is 874. The van der Waals surface area contributed by atoms with Crippen molar-refractivity contribution in [2.45, 2.75) is 13.8 Å². The molecule has 6 heteroatoms. The molecule has 0 aliphatic rings. The minimum absolute atomic E-state index is 0.110. The highest BCUT2D eigenvalue weighted by molar-refractivity contribution is 6.33. The number of carbonyl (C=O) groups excluding carboxylic acids is 1. The van der Waals surface area contributed by atoms with Crippen molar-refractivity contribution in [1.82, 2.24) is 10.2 Å². The first kappa shape index (κ1) is 15.2. The van der Waals surface area contributed by atoms with Crippen LogP contribution in [0.1, 0.15) is 21.8 Å². The predicted molar refractivity (Wildman–Crippen MR) is 88.6 cm³/mol. The Morgan fingerprint density at radius 2 is 1.87 bits per heavy atom. The first-order chi connectivity index (χ1) is 11.1. The van der Waals surface area contributed by atoms with Gasteiger partial charge in [-0.15, -0.1) is 10.2 Å². The maximum absolute atomic E-state index is 12.3. The monoisotopic (exact) mass is 327 g/mol. The Hall–Kier alpha value is -2.66. The lowest BCUT2D eigenvalue weighted by Crippen LogP contribution is -2.13. The Balaban J connectivity index is 1.84. The van der Waals surface area contributed by atoms with E-state index in [1.54, 1.807) is 24.3 Å². The summed E-state index contributed by atoms with van der Waals surface area (Å²) >= 11 is 6.09. The average molecular weight is 328 g/mol. The molecule has 5 nitrogen and oxygen atoms in total. The SMILES string of the molecule is Cc1cccc(NC(=O)c2nnc(-c3ccccc3Cl)o2)c1C. The number of carbonyl (C=O) groups is 1. The van der Waals surface area contributed by atoms with E-state index < -0.39 is 5.91 Å². The van der Waals surface area contributed by atoms with E-state index in [-0.39, 0.29) is 11.8 Å². The molecule has 1 N–H and O–H groups in total. The normalized spacial score (nSPS) is 10.6. The summed E-state index contributed by atoms with van der Waals surface area (Å²) in [6.07, 6.45) is 0. The van der Waals surface area contributed by atoms with Gasteiger partial charge in [-0.25, -0.2) is 0 Å². The number of rotatable bonds is 3. The summed E-state index contributed by atoms with van der Waals surface area (Å²) in [6, 6.07) is 12.8. The molecule has 0 saturated heterocycles. The molecule has 0 aliphatic carbocycles. The maximum atomic E-state index is 12.3. The van der Waals surface area contributed by atoms with Gasteiger partial charge in [0, 0.05) is 5.69 Å². The van der Waals surface area contributed by atoms with Crippen LogP contribution in [0.2, 0.25) is 5.02 Å². The quantitative estimate of drug-likeness (QED) is 0.780. The van der Waals surface area contributed by atoms with Gasteiger partial charge in [0.05, 0.1) is 10.6 Å². The van der Waals surface area contributed by atoms with Crippen LogP contribution in [0.5, 0.6) is 0 Å². The summed E-state index contributed by atoms with van der Waals surface area (Å²) < 4.78 is 5.44. The van der Waals surface area contributed by atoms with Gasteiger partial charge in [0.15, 0.2) is 0 Å². The van der Waals surface area contributed by atoms with Crippen LogP contribution in [-0.2, 0) is 0 Å². The summed E-state index contributed by atoms with van der Waals surface area (Å²) in [7, 11) is 0. The average Bonchev–Trinajstić information content (AvgIpc) is 3.02. The van der Waals surface area contributed by atoms with E-state index in [2.05, 4.69) is 15.5 Å².